The zero-order valence-electron chi connectivity index (χ0n) is 15.2. The van der Waals surface area contributed by atoms with E-state index >= 15 is 0 Å². The third kappa shape index (κ3) is 3.81. The van der Waals surface area contributed by atoms with Gasteiger partial charge in [0.1, 0.15) is 12.7 Å². The molecule has 7 heteroatoms. The van der Waals surface area contributed by atoms with E-state index in [-0.39, 0.29) is 6.03 Å². The lowest BCUT2D eigenvalue weighted by molar-refractivity contribution is 0.194. The molecule has 3 aromatic rings. The molecular weight excluding hydrogens is 340 g/mol. The van der Waals surface area contributed by atoms with E-state index in [1.165, 1.54) is 5.56 Å². The number of amides is 2. The Labute approximate surface area is 158 Å². The number of pyridine rings is 1. The van der Waals surface area contributed by atoms with Crippen molar-refractivity contribution in [3.63, 3.8) is 0 Å². The molecule has 0 atom stereocenters. The van der Waals surface area contributed by atoms with Gasteiger partial charge < -0.3 is 10.2 Å². The maximum Gasteiger partial charge on any atom is 0.321 e. The topological polar surface area (TPSA) is 75.9 Å². The third-order valence-electron chi connectivity index (χ3n) is 5.14. The number of aromatic nitrogens is 4. The Bertz CT molecular complexity index is 901. The minimum atomic E-state index is -0.0489. The molecule has 4 rings (SSSR count). The highest BCUT2D eigenvalue weighted by molar-refractivity contribution is 5.90. The number of aryl methyl sites for hydroxylation is 1. The summed E-state index contributed by atoms with van der Waals surface area (Å²) >= 11 is 0. The smallest absolute Gasteiger partial charge is 0.321 e. The van der Waals surface area contributed by atoms with Crippen LogP contribution < -0.4 is 5.32 Å². The molecule has 1 aliphatic rings. The number of urea groups is 1. The average Bonchev–Trinajstić information content (AvgIpc) is 3.25. The monoisotopic (exact) mass is 362 g/mol. The maximum absolute atomic E-state index is 12.7. The Morgan fingerprint density at radius 2 is 1.78 bits per heavy atom. The third-order valence-corrected chi connectivity index (χ3v) is 5.14. The van der Waals surface area contributed by atoms with Crippen LogP contribution in [0.5, 0.6) is 0 Å². The van der Waals surface area contributed by atoms with E-state index in [2.05, 4.69) is 32.6 Å². The lowest BCUT2D eigenvalue weighted by Crippen LogP contribution is -2.40. The summed E-state index contributed by atoms with van der Waals surface area (Å²) in [4.78, 5) is 18.7. The van der Waals surface area contributed by atoms with Crippen molar-refractivity contribution >= 4 is 11.7 Å². The number of nitrogens with one attached hydrogen (secondary N) is 1. The predicted molar refractivity (Wildman–Crippen MR) is 103 cm³/mol. The molecule has 0 unspecified atom stereocenters. The van der Waals surface area contributed by atoms with Gasteiger partial charge in [0.25, 0.3) is 0 Å². The minimum absolute atomic E-state index is 0.0489. The number of piperidine rings is 1. The van der Waals surface area contributed by atoms with Crippen molar-refractivity contribution in [1.29, 1.82) is 0 Å². The molecule has 1 fully saturated rings. The molecule has 2 aromatic heterocycles. The molecule has 1 aliphatic heterocycles. The zero-order chi connectivity index (χ0) is 18.6. The van der Waals surface area contributed by atoms with Crippen LogP contribution in [0.15, 0.2) is 55.4 Å². The normalized spacial score (nSPS) is 14.9. The van der Waals surface area contributed by atoms with Crippen molar-refractivity contribution in [1.82, 2.24) is 24.6 Å². The molecule has 1 N–H and O–H groups in total. The second kappa shape index (κ2) is 7.57. The van der Waals surface area contributed by atoms with Crippen LogP contribution in [-0.2, 0) is 0 Å². The highest BCUT2D eigenvalue weighted by Crippen LogP contribution is 2.28. The van der Waals surface area contributed by atoms with Gasteiger partial charge in [-0.25, -0.2) is 4.79 Å². The molecule has 0 bridgehead atoms. The van der Waals surface area contributed by atoms with Crippen molar-refractivity contribution in [3.8, 4) is 5.69 Å². The lowest BCUT2D eigenvalue weighted by atomic mass is 9.90. The molecule has 2 amide bonds. The highest BCUT2D eigenvalue weighted by Gasteiger charge is 2.24. The lowest BCUT2D eigenvalue weighted by Gasteiger charge is -2.32. The van der Waals surface area contributed by atoms with E-state index in [1.54, 1.807) is 12.7 Å². The summed E-state index contributed by atoms with van der Waals surface area (Å²) in [6, 6.07) is 10.0. The summed E-state index contributed by atoms with van der Waals surface area (Å²) in [5, 5.41) is 10.7. The van der Waals surface area contributed by atoms with E-state index in [0.29, 0.717) is 5.92 Å². The minimum Gasteiger partial charge on any atom is -0.324 e. The van der Waals surface area contributed by atoms with E-state index in [1.807, 2.05) is 47.0 Å². The van der Waals surface area contributed by atoms with Crippen molar-refractivity contribution in [2.24, 2.45) is 0 Å². The van der Waals surface area contributed by atoms with Gasteiger partial charge in [0.05, 0.1) is 5.69 Å². The summed E-state index contributed by atoms with van der Waals surface area (Å²) in [5.41, 5.74) is 4.05. The summed E-state index contributed by atoms with van der Waals surface area (Å²) < 4.78 is 1.81. The number of carbonyl (C=O) groups is 1. The molecule has 27 heavy (non-hydrogen) atoms. The Kier molecular flexibility index (Phi) is 4.82. The highest BCUT2D eigenvalue weighted by atomic mass is 16.2. The summed E-state index contributed by atoms with van der Waals surface area (Å²) in [6.45, 7) is 3.49. The quantitative estimate of drug-likeness (QED) is 0.775. The van der Waals surface area contributed by atoms with Crippen LogP contribution in [0.4, 0.5) is 10.5 Å². The zero-order valence-corrected chi connectivity index (χ0v) is 15.2. The molecule has 1 saturated heterocycles. The molecule has 0 radical (unpaired) electrons. The fourth-order valence-electron chi connectivity index (χ4n) is 3.49. The first-order chi connectivity index (χ1) is 13.2. The van der Waals surface area contributed by atoms with Gasteiger partial charge in [0.2, 0.25) is 0 Å². The first-order valence-electron chi connectivity index (χ1n) is 9.12. The Hall–Kier alpha value is -3.22. The van der Waals surface area contributed by atoms with Gasteiger partial charge >= 0.3 is 6.03 Å². The molecule has 1 aromatic carbocycles. The van der Waals surface area contributed by atoms with E-state index in [9.17, 15) is 4.79 Å². The molecule has 0 saturated carbocycles. The van der Waals surface area contributed by atoms with Gasteiger partial charge in [-0.3, -0.25) is 9.55 Å². The number of rotatable bonds is 3. The van der Waals surface area contributed by atoms with Crippen LogP contribution in [-0.4, -0.2) is 43.8 Å². The van der Waals surface area contributed by atoms with Gasteiger partial charge in [-0.1, -0.05) is 6.07 Å². The first-order valence-corrected chi connectivity index (χ1v) is 9.12. The number of carbonyl (C=O) groups excluding carboxylic acids is 1. The van der Waals surface area contributed by atoms with Crippen molar-refractivity contribution < 1.29 is 4.79 Å². The van der Waals surface area contributed by atoms with Gasteiger partial charge in [0, 0.05) is 31.2 Å². The van der Waals surface area contributed by atoms with Gasteiger partial charge in [0.15, 0.2) is 0 Å². The summed E-state index contributed by atoms with van der Waals surface area (Å²) in [5.74, 6) is 0.496. The second-order valence-corrected chi connectivity index (χ2v) is 6.84. The number of nitrogens with zero attached hydrogens (tertiary/aromatic N) is 5. The number of benzene rings is 1. The SMILES string of the molecule is Cc1ccc(-n2cnnc2)cc1NC(=O)N1CCC(c2ccncc2)CC1. The second-order valence-electron chi connectivity index (χ2n) is 6.84. The van der Waals surface area contributed by atoms with Crippen molar-refractivity contribution in [3.05, 3.63) is 66.5 Å². The Morgan fingerprint density at radius 1 is 1.07 bits per heavy atom. The number of hydrogen-bond donors (Lipinski definition) is 1. The van der Waals surface area contributed by atoms with Crippen LogP contribution in [0.25, 0.3) is 5.69 Å². The van der Waals surface area contributed by atoms with Crippen LogP contribution >= 0.6 is 0 Å². The Morgan fingerprint density at radius 3 is 2.48 bits per heavy atom. The molecule has 0 spiro atoms. The molecular formula is C20H22N6O. The maximum atomic E-state index is 12.7. The first kappa shape index (κ1) is 17.2. The van der Waals surface area contributed by atoms with Crippen LogP contribution in [0.3, 0.4) is 0 Å². The standard InChI is InChI=1S/C20H22N6O/c1-15-2-3-18(26-13-22-23-14-26)12-19(15)24-20(27)25-10-6-17(7-11-25)16-4-8-21-9-5-16/h2-5,8-9,12-14,17H,6-7,10-11H2,1H3,(H,24,27). The van der Waals surface area contributed by atoms with Crippen LogP contribution in [0, 0.1) is 6.92 Å². The molecule has 0 aliphatic carbocycles. The fraction of sp³-hybridized carbons (Fsp3) is 0.300. The van der Waals surface area contributed by atoms with Gasteiger partial charge in [-0.15, -0.1) is 10.2 Å². The number of anilines is 1. The largest absolute Gasteiger partial charge is 0.324 e. The number of likely N-dealkylation sites (tertiary alicyclic amines) is 1. The molecule has 7 nitrogen and oxygen atoms in total. The molecule has 138 valence electrons. The van der Waals surface area contributed by atoms with Crippen LogP contribution in [0.2, 0.25) is 0 Å². The number of hydrogen-bond acceptors (Lipinski definition) is 4. The average molecular weight is 362 g/mol. The van der Waals surface area contributed by atoms with Crippen LogP contribution in [0.1, 0.15) is 29.9 Å². The summed E-state index contributed by atoms with van der Waals surface area (Å²) in [7, 11) is 0. The summed E-state index contributed by atoms with van der Waals surface area (Å²) in [6.07, 6.45) is 8.88. The van der Waals surface area contributed by atoms with Crippen molar-refractivity contribution in [2.45, 2.75) is 25.7 Å². The van der Waals surface area contributed by atoms with Crippen molar-refractivity contribution in [2.75, 3.05) is 18.4 Å². The molecule has 3 heterocycles. The Balaban J connectivity index is 1.41. The van der Waals surface area contributed by atoms with Gasteiger partial charge in [-0.05, 0) is 61.1 Å². The van der Waals surface area contributed by atoms with E-state index in [0.717, 1.165) is 42.9 Å². The van der Waals surface area contributed by atoms with E-state index < -0.39 is 0 Å². The van der Waals surface area contributed by atoms with Gasteiger partial charge in [-0.2, -0.15) is 0 Å². The fourth-order valence-corrected chi connectivity index (χ4v) is 3.49. The predicted octanol–water partition coefficient (Wildman–Crippen LogP) is 3.38. The van der Waals surface area contributed by atoms with E-state index in [4.69, 9.17) is 0 Å².